The molecule has 0 saturated heterocycles. The molecule has 0 aliphatic carbocycles. The number of hydrogen-bond acceptors (Lipinski definition) is 7. The molecule has 1 aliphatic rings. The first-order valence-corrected chi connectivity index (χ1v) is 10.1. The van der Waals surface area contributed by atoms with E-state index in [1.165, 1.54) is 23.2 Å². The van der Waals surface area contributed by atoms with Gasteiger partial charge in [-0.2, -0.15) is 15.2 Å². The Hall–Kier alpha value is -4.46. The molecule has 33 heavy (non-hydrogen) atoms. The van der Waals surface area contributed by atoms with Crippen molar-refractivity contribution in [3.05, 3.63) is 77.4 Å². The fourth-order valence-corrected chi connectivity index (χ4v) is 3.39. The lowest BCUT2D eigenvalue weighted by Crippen LogP contribution is -2.28. The highest BCUT2D eigenvalue weighted by atomic mass is 16.4. The number of anilines is 2. The van der Waals surface area contributed by atoms with Crippen molar-refractivity contribution in [3.63, 3.8) is 0 Å². The van der Waals surface area contributed by atoms with E-state index in [0.717, 1.165) is 11.1 Å². The summed E-state index contributed by atoms with van der Waals surface area (Å²) in [7, 11) is 0. The lowest BCUT2D eigenvalue weighted by Gasteiger charge is -2.13. The summed E-state index contributed by atoms with van der Waals surface area (Å²) in [4.78, 5) is 24.9. The number of hydrazone groups is 2. The van der Waals surface area contributed by atoms with Gasteiger partial charge >= 0.3 is 11.9 Å². The highest BCUT2D eigenvalue weighted by molar-refractivity contribution is 6.71. The van der Waals surface area contributed by atoms with Crippen LogP contribution in [-0.4, -0.2) is 34.9 Å². The Labute approximate surface area is 194 Å². The zero-order valence-corrected chi connectivity index (χ0v) is 18.2. The van der Waals surface area contributed by atoms with E-state index < -0.39 is 11.9 Å². The molecule has 3 aromatic rings. The predicted molar refractivity (Wildman–Crippen MR) is 128 cm³/mol. The van der Waals surface area contributed by atoms with Crippen LogP contribution in [-0.2, 0) is 4.79 Å². The molecule has 166 valence electrons. The number of para-hydroxylation sites is 1. The number of nitrogens with zero attached hydrogens (tertiary/aromatic N) is 3. The Morgan fingerprint density at radius 3 is 2.67 bits per heavy atom. The molecule has 1 aliphatic heterocycles. The Morgan fingerprint density at radius 1 is 1.09 bits per heavy atom. The summed E-state index contributed by atoms with van der Waals surface area (Å²) in [6.45, 7) is 5.54. The van der Waals surface area contributed by atoms with Crippen molar-refractivity contribution >= 4 is 34.7 Å². The molecule has 3 N–H and O–H groups in total. The molecule has 0 radical (unpaired) electrons. The quantitative estimate of drug-likeness (QED) is 0.380. The van der Waals surface area contributed by atoms with Gasteiger partial charge in [0, 0.05) is 5.56 Å². The van der Waals surface area contributed by atoms with Crippen molar-refractivity contribution < 1.29 is 21.2 Å². The topological polar surface area (TPSA) is 115 Å². The van der Waals surface area contributed by atoms with Gasteiger partial charge in [0.2, 0.25) is 0 Å². The molecule has 0 aromatic heterocycles. The number of carbonyl (C=O) groups is 2. The number of aromatic carboxylic acids is 1. The molecular weight excluding hydrogens is 420 g/mol. The van der Waals surface area contributed by atoms with E-state index in [-0.39, 0.29) is 22.7 Å². The number of benzene rings is 3. The van der Waals surface area contributed by atoms with E-state index in [4.69, 9.17) is 9.38 Å². The van der Waals surface area contributed by atoms with Crippen molar-refractivity contribution in [2.45, 2.75) is 20.8 Å². The molecule has 0 spiro atoms. The maximum Gasteiger partial charge on any atom is 0.335 e. The number of phenols is 1. The fraction of sp³-hybridized carbons (Fsp3) is 0.120. The number of phenolic OH excluding ortho intramolecular Hbond substituents is 1. The molecule has 1 amide bonds. The zero-order valence-electron chi connectivity index (χ0n) is 21.2. The number of carbonyl (C=O) groups excluding carboxylic acids is 1. The van der Waals surface area contributed by atoms with Crippen molar-refractivity contribution in [2.75, 3.05) is 10.4 Å². The lowest BCUT2D eigenvalue weighted by atomic mass is 10.0. The summed E-state index contributed by atoms with van der Waals surface area (Å²) in [5.41, 5.74) is 4.83. The molecule has 0 saturated carbocycles. The maximum absolute atomic E-state index is 13.1. The van der Waals surface area contributed by atoms with E-state index in [1.807, 2.05) is 26.0 Å². The second kappa shape index (κ2) is 8.58. The summed E-state index contributed by atoms with van der Waals surface area (Å²) in [6.07, 6.45) is 0. The molecule has 0 atom stereocenters. The second-order valence-corrected chi connectivity index (χ2v) is 7.64. The predicted octanol–water partition coefficient (Wildman–Crippen LogP) is 4.56. The van der Waals surface area contributed by atoms with Gasteiger partial charge in [-0.1, -0.05) is 30.3 Å². The summed E-state index contributed by atoms with van der Waals surface area (Å²) in [6, 6.07) is 16.6. The van der Waals surface area contributed by atoms with Crippen molar-refractivity contribution in [2.24, 2.45) is 10.2 Å². The van der Waals surface area contributed by atoms with Crippen LogP contribution in [0.3, 0.4) is 0 Å². The fourth-order valence-electron chi connectivity index (χ4n) is 3.39. The molecule has 4 rings (SSSR count). The smallest absolute Gasteiger partial charge is 0.335 e. The Morgan fingerprint density at radius 2 is 1.91 bits per heavy atom. The minimum Gasteiger partial charge on any atom is -0.505 e. The van der Waals surface area contributed by atoms with Gasteiger partial charge in [-0.3, -0.25) is 10.2 Å². The van der Waals surface area contributed by atoms with Crippen molar-refractivity contribution in [1.82, 2.24) is 0 Å². The SMILES string of the molecule is [2H]OC(=O)c1cccc(-c2cccc(N([2H])/N=C3\C(=O)N(c4ccc(C)c(C)c4)N=C3C)c2O[2H])c1. The Bertz CT molecular complexity index is 1420. The molecular formula is C25H22N4O4. The molecule has 0 unspecified atom stereocenters. The van der Waals surface area contributed by atoms with E-state index >= 15 is 0 Å². The molecule has 0 fully saturated rings. The van der Waals surface area contributed by atoms with Gasteiger partial charge in [0.05, 0.1) is 22.6 Å². The third kappa shape index (κ3) is 4.18. The van der Waals surface area contributed by atoms with Gasteiger partial charge in [0.25, 0.3) is 2.86 Å². The van der Waals surface area contributed by atoms with Crippen LogP contribution < -0.4 is 10.4 Å². The maximum atomic E-state index is 13.1. The first-order valence-electron chi connectivity index (χ1n) is 11.4. The summed E-state index contributed by atoms with van der Waals surface area (Å²) < 4.78 is 22.9. The number of rotatable bonds is 6. The van der Waals surface area contributed by atoms with Crippen LogP contribution >= 0.6 is 0 Å². The van der Waals surface area contributed by atoms with E-state index in [2.05, 4.69) is 15.3 Å². The normalized spacial score (nSPS) is 15.5. The molecule has 0 bridgehead atoms. The number of hydrogen-bond donors (Lipinski definition) is 3. The van der Waals surface area contributed by atoms with E-state index in [0.29, 0.717) is 27.9 Å². The first-order chi connectivity index (χ1) is 17.2. The number of aryl methyl sites for hydroxylation is 2. The zero-order chi connectivity index (χ0) is 26.0. The second-order valence-electron chi connectivity index (χ2n) is 7.64. The summed E-state index contributed by atoms with van der Waals surface area (Å²) in [5, 5.41) is 18.6. The number of carboxylic acids is 1. The van der Waals surface area contributed by atoms with Crippen LogP contribution in [0.15, 0.2) is 70.9 Å². The van der Waals surface area contributed by atoms with Gasteiger partial charge in [0.15, 0.2) is 7.12 Å². The molecule has 8 heteroatoms. The number of amides is 1. The van der Waals surface area contributed by atoms with Gasteiger partial charge in [0.1, 0.15) is 5.75 Å². The minimum absolute atomic E-state index is 0.0145. The van der Waals surface area contributed by atoms with Crippen molar-refractivity contribution in [3.8, 4) is 16.9 Å². The standard InChI is InChI=1S/C25H22N4O4/c1-14-10-11-19(12-15(14)2)29-24(31)22(16(3)28-29)27-26-21-9-5-8-20(23(21)30)17-6-4-7-18(13-17)25(32)33/h4-13,26,30H,1-3H3,(H,32,33)/b27-22-/i/hD3. The third-order valence-corrected chi connectivity index (χ3v) is 5.38. The van der Waals surface area contributed by atoms with Gasteiger partial charge < -0.3 is 10.2 Å². The summed E-state index contributed by atoms with van der Waals surface area (Å²) >= 11 is 0. The lowest BCUT2D eigenvalue weighted by molar-refractivity contribution is -0.112. The average Bonchev–Trinajstić information content (AvgIpc) is 3.17. The Balaban J connectivity index is 1.69. The molecule has 1 heterocycles. The number of nitrogens with one attached hydrogen (secondary N) is 1. The van der Waals surface area contributed by atoms with Crippen LogP contribution in [0.25, 0.3) is 12.6 Å². The van der Waals surface area contributed by atoms with Crippen LogP contribution in [0.5, 0.6) is 5.75 Å². The third-order valence-electron chi connectivity index (χ3n) is 5.38. The minimum atomic E-state index is -0.835. The molecule has 3 aromatic carbocycles. The van der Waals surface area contributed by atoms with Crippen LogP contribution in [0.4, 0.5) is 11.4 Å². The van der Waals surface area contributed by atoms with Crippen LogP contribution in [0.2, 0.25) is 1.41 Å². The van der Waals surface area contributed by atoms with Crippen LogP contribution in [0.1, 0.15) is 28.4 Å². The summed E-state index contributed by atoms with van der Waals surface area (Å²) in [5.74, 6) is -1.34. The number of carboxylic acid groups (broad SMARTS) is 1. The van der Waals surface area contributed by atoms with Gasteiger partial charge in [-0.25, -0.2) is 4.79 Å². The molecule has 8 nitrogen and oxygen atoms in total. The van der Waals surface area contributed by atoms with Gasteiger partial charge in [-0.05, 0) is 67.8 Å². The first kappa shape index (κ1) is 18.1. The van der Waals surface area contributed by atoms with Crippen LogP contribution in [0, 0.1) is 13.8 Å². The highest BCUT2D eigenvalue weighted by Crippen LogP contribution is 2.36. The van der Waals surface area contributed by atoms with Gasteiger partial charge in [-0.15, -0.1) is 0 Å². The van der Waals surface area contributed by atoms with Crippen molar-refractivity contribution in [1.29, 1.82) is 2.86 Å². The number of aromatic hydroxyl groups is 1. The van der Waals surface area contributed by atoms with E-state index in [1.54, 1.807) is 37.3 Å². The van der Waals surface area contributed by atoms with E-state index in [9.17, 15) is 9.59 Å². The highest BCUT2D eigenvalue weighted by Gasteiger charge is 2.31. The largest absolute Gasteiger partial charge is 0.505 e. The average molecular weight is 445 g/mol. The monoisotopic (exact) mass is 445 g/mol. The Kier molecular flexibility index (Phi) is 4.72.